The maximum absolute atomic E-state index is 5.96. The van der Waals surface area contributed by atoms with Crippen LogP contribution < -0.4 is 0 Å². The Morgan fingerprint density at radius 1 is 0.833 bits per heavy atom. The van der Waals surface area contributed by atoms with E-state index in [4.69, 9.17) is 23.7 Å². The largest absolute Gasteiger partial charge is 0.343 e. The number of alkyl halides is 1. The number of rotatable bonds is 1. The van der Waals surface area contributed by atoms with Crippen LogP contribution in [0.1, 0.15) is 27.7 Å². The molecule has 3 saturated heterocycles. The summed E-state index contributed by atoms with van der Waals surface area (Å²) in [5.74, 6) is -1.25. The van der Waals surface area contributed by atoms with Crippen LogP contribution in [0.4, 0.5) is 0 Å². The molecule has 0 saturated carbocycles. The molecule has 3 aliphatic rings. The Kier molecular flexibility index (Phi) is 3.05. The fraction of sp³-hybridized carbons (Fsp3) is 1.00. The zero-order chi connectivity index (χ0) is 13.1. The van der Waals surface area contributed by atoms with Gasteiger partial charge in [-0.3, -0.25) is 0 Å². The van der Waals surface area contributed by atoms with Crippen LogP contribution in [0.2, 0.25) is 0 Å². The van der Waals surface area contributed by atoms with Gasteiger partial charge in [0, 0.05) is 5.33 Å². The standard InChI is InChI=1S/C12H19BrO5/c1-11(2)15-7-6(5-13)14-10-9(8(7)16-11)17-12(3,4)18-10/h6-10H,5H2,1-4H3/t6-,7+,8+,9-,10-/m0/s1. The SMILES string of the molecule is CC1(C)O[C@@H]2O[C@@H](CBr)[C@H]3OC(C)(C)O[C@H]3[C@@H]2O1. The van der Waals surface area contributed by atoms with Crippen molar-refractivity contribution in [2.24, 2.45) is 0 Å². The molecule has 0 amide bonds. The number of ether oxygens (including phenoxy) is 5. The molecule has 0 aliphatic carbocycles. The molecule has 0 bridgehead atoms. The van der Waals surface area contributed by atoms with E-state index in [2.05, 4.69) is 15.9 Å². The van der Waals surface area contributed by atoms with E-state index in [0.717, 1.165) is 0 Å². The molecule has 0 spiro atoms. The summed E-state index contributed by atoms with van der Waals surface area (Å²) in [5.41, 5.74) is 0. The Hall–Kier alpha value is 0.280. The molecule has 3 rings (SSSR count). The van der Waals surface area contributed by atoms with Crippen LogP contribution in [0, 0.1) is 0 Å². The lowest BCUT2D eigenvalue weighted by atomic mass is 10.0. The van der Waals surface area contributed by atoms with Gasteiger partial charge in [0.15, 0.2) is 17.9 Å². The molecule has 0 N–H and O–H groups in total. The topological polar surface area (TPSA) is 46.2 Å². The van der Waals surface area contributed by atoms with Crippen molar-refractivity contribution in [3.8, 4) is 0 Å². The van der Waals surface area contributed by atoms with Gasteiger partial charge < -0.3 is 23.7 Å². The highest BCUT2D eigenvalue weighted by atomic mass is 79.9. The fourth-order valence-electron chi connectivity index (χ4n) is 2.82. The van der Waals surface area contributed by atoms with Crippen LogP contribution in [0.15, 0.2) is 0 Å². The van der Waals surface area contributed by atoms with E-state index in [-0.39, 0.29) is 30.7 Å². The summed E-state index contributed by atoms with van der Waals surface area (Å²) < 4.78 is 29.4. The summed E-state index contributed by atoms with van der Waals surface area (Å²) in [7, 11) is 0. The highest BCUT2D eigenvalue weighted by molar-refractivity contribution is 9.09. The first-order chi connectivity index (χ1) is 8.31. The summed E-state index contributed by atoms with van der Waals surface area (Å²) in [6, 6.07) is 0. The molecule has 0 radical (unpaired) electrons. The van der Waals surface area contributed by atoms with E-state index in [1.165, 1.54) is 0 Å². The van der Waals surface area contributed by atoms with E-state index in [1.807, 2.05) is 27.7 Å². The van der Waals surface area contributed by atoms with Crippen molar-refractivity contribution in [2.45, 2.75) is 70.0 Å². The Morgan fingerprint density at radius 2 is 1.39 bits per heavy atom. The fourth-order valence-corrected chi connectivity index (χ4v) is 3.34. The predicted molar refractivity (Wildman–Crippen MR) is 66.3 cm³/mol. The van der Waals surface area contributed by atoms with Gasteiger partial charge in [-0.15, -0.1) is 0 Å². The van der Waals surface area contributed by atoms with Gasteiger partial charge in [0.2, 0.25) is 0 Å². The van der Waals surface area contributed by atoms with Crippen molar-refractivity contribution in [3.05, 3.63) is 0 Å². The molecule has 6 heteroatoms. The maximum atomic E-state index is 5.96. The van der Waals surface area contributed by atoms with Gasteiger partial charge >= 0.3 is 0 Å². The minimum atomic E-state index is -0.642. The minimum absolute atomic E-state index is 0.0875. The number of hydrogen-bond donors (Lipinski definition) is 0. The Bertz CT molecular complexity index is 345. The van der Waals surface area contributed by atoms with E-state index < -0.39 is 11.6 Å². The van der Waals surface area contributed by atoms with Gasteiger partial charge in [-0.1, -0.05) is 15.9 Å². The molecular weight excluding hydrogens is 304 g/mol. The molecule has 5 atom stereocenters. The summed E-state index contributed by atoms with van der Waals surface area (Å²) in [6.07, 6.45) is -0.986. The summed E-state index contributed by atoms with van der Waals surface area (Å²) >= 11 is 3.45. The van der Waals surface area contributed by atoms with Crippen LogP contribution in [-0.2, 0) is 23.7 Å². The molecule has 3 aliphatic heterocycles. The summed E-state index contributed by atoms with van der Waals surface area (Å²) in [4.78, 5) is 0. The van der Waals surface area contributed by atoms with Crippen molar-refractivity contribution in [1.82, 2.24) is 0 Å². The van der Waals surface area contributed by atoms with Crippen molar-refractivity contribution in [2.75, 3.05) is 5.33 Å². The van der Waals surface area contributed by atoms with Crippen LogP contribution in [0.5, 0.6) is 0 Å². The van der Waals surface area contributed by atoms with Gasteiger partial charge in [0.05, 0.1) is 6.10 Å². The van der Waals surface area contributed by atoms with Gasteiger partial charge in [-0.25, -0.2) is 0 Å². The average Bonchev–Trinajstić information content (AvgIpc) is 2.71. The lowest BCUT2D eigenvalue weighted by molar-refractivity contribution is -0.227. The van der Waals surface area contributed by atoms with Gasteiger partial charge in [-0.2, -0.15) is 0 Å². The molecule has 0 aromatic carbocycles. The third-order valence-electron chi connectivity index (χ3n) is 3.40. The lowest BCUT2D eigenvalue weighted by Gasteiger charge is -2.36. The minimum Gasteiger partial charge on any atom is -0.343 e. The van der Waals surface area contributed by atoms with Crippen molar-refractivity contribution < 1.29 is 23.7 Å². The maximum Gasteiger partial charge on any atom is 0.190 e. The van der Waals surface area contributed by atoms with Crippen LogP contribution in [0.3, 0.4) is 0 Å². The van der Waals surface area contributed by atoms with Crippen LogP contribution in [-0.4, -0.2) is 47.6 Å². The van der Waals surface area contributed by atoms with Gasteiger partial charge in [0.1, 0.15) is 18.3 Å². The van der Waals surface area contributed by atoms with E-state index in [9.17, 15) is 0 Å². The summed E-state index contributed by atoms with van der Waals surface area (Å²) in [5, 5.41) is 0.681. The van der Waals surface area contributed by atoms with Crippen molar-refractivity contribution in [3.63, 3.8) is 0 Å². The normalized spacial score (nSPS) is 48.8. The molecule has 3 heterocycles. The quantitative estimate of drug-likeness (QED) is 0.689. The molecule has 0 unspecified atom stereocenters. The first-order valence-corrected chi connectivity index (χ1v) is 7.36. The van der Waals surface area contributed by atoms with Crippen molar-refractivity contribution >= 4 is 15.9 Å². The summed E-state index contributed by atoms with van der Waals surface area (Å²) in [6.45, 7) is 7.58. The third kappa shape index (κ3) is 2.13. The zero-order valence-corrected chi connectivity index (χ0v) is 12.6. The molecule has 18 heavy (non-hydrogen) atoms. The second-order valence-corrected chi connectivity index (χ2v) is 6.51. The first-order valence-electron chi connectivity index (χ1n) is 6.24. The molecule has 3 fully saturated rings. The lowest BCUT2D eigenvalue weighted by Crippen LogP contribution is -2.55. The monoisotopic (exact) mass is 322 g/mol. The number of fused-ring (bicyclic) bond motifs is 3. The first kappa shape index (κ1) is 13.3. The Labute approximate surface area is 115 Å². The molecular formula is C12H19BrO5. The number of halogens is 1. The van der Waals surface area contributed by atoms with Crippen LogP contribution in [0.25, 0.3) is 0 Å². The number of hydrogen-bond acceptors (Lipinski definition) is 5. The predicted octanol–water partition coefficient (Wildman–Crippen LogP) is 1.78. The van der Waals surface area contributed by atoms with E-state index in [0.29, 0.717) is 5.33 Å². The average molecular weight is 323 g/mol. The molecule has 0 aromatic heterocycles. The Morgan fingerprint density at radius 3 is 2.06 bits per heavy atom. The molecule has 0 aromatic rings. The highest BCUT2D eigenvalue weighted by Crippen LogP contribution is 2.44. The second kappa shape index (κ2) is 4.14. The van der Waals surface area contributed by atoms with E-state index >= 15 is 0 Å². The zero-order valence-electron chi connectivity index (χ0n) is 11.0. The van der Waals surface area contributed by atoms with Crippen molar-refractivity contribution in [1.29, 1.82) is 0 Å². The smallest absolute Gasteiger partial charge is 0.190 e. The second-order valence-electron chi connectivity index (χ2n) is 5.86. The molecule has 104 valence electrons. The van der Waals surface area contributed by atoms with Gasteiger partial charge in [-0.05, 0) is 27.7 Å². The third-order valence-corrected chi connectivity index (χ3v) is 4.04. The van der Waals surface area contributed by atoms with E-state index in [1.54, 1.807) is 0 Å². The Balaban J connectivity index is 1.86. The molecule has 5 nitrogen and oxygen atoms in total. The van der Waals surface area contributed by atoms with Gasteiger partial charge in [0.25, 0.3) is 0 Å². The highest BCUT2D eigenvalue weighted by Gasteiger charge is 2.60. The van der Waals surface area contributed by atoms with Crippen LogP contribution >= 0.6 is 15.9 Å².